The average Bonchev–Trinajstić information content (AvgIpc) is 2.42. The van der Waals surface area contributed by atoms with Crippen molar-refractivity contribution in [2.45, 2.75) is 0 Å². The first kappa shape index (κ1) is 15.2. The van der Waals surface area contributed by atoms with E-state index in [2.05, 4.69) is 6.58 Å². The van der Waals surface area contributed by atoms with Gasteiger partial charge in [-0.2, -0.15) is 0 Å². The van der Waals surface area contributed by atoms with Crippen molar-refractivity contribution in [3.8, 4) is 0 Å². The minimum Gasteiger partial charge on any atom is -0.478 e. The summed E-state index contributed by atoms with van der Waals surface area (Å²) >= 11 is 0. The Morgan fingerprint density at radius 2 is 2.20 bits per heavy atom. The summed E-state index contributed by atoms with van der Waals surface area (Å²) in [6, 6.07) is 3.23. The summed E-state index contributed by atoms with van der Waals surface area (Å²) in [6.07, 6.45) is 0.546. The molecule has 1 N–H and O–H groups in total. The summed E-state index contributed by atoms with van der Waals surface area (Å²) in [5.74, 6) is -1.29. The van der Waals surface area contributed by atoms with Gasteiger partial charge in [0.05, 0.1) is 10.5 Å². The lowest BCUT2D eigenvalue weighted by Crippen LogP contribution is -2.27. The maximum absolute atomic E-state index is 11.6. The number of anilines is 1. The Bertz CT molecular complexity index is 569. The Hall–Kier alpha value is -2.90. The third-order valence-corrected chi connectivity index (χ3v) is 2.38. The maximum atomic E-state index is 11.6. The number of nitro benzene ring substituents is 1. The number of benzene rings is 1. The van der Waals surface area contributed by atoms with Crippen LogP contribution >= 0.6 is 0 Å². The SMILES string of the molecule is C=CCOC(=O)N(C)c1ccc(C(=O)O)cc1[N+](=O)[O-]. The van der Waals surface area contributed by atoms with E-state index in [4.69, 9.17) is 9.84 Å². The van der Waals surface area contributed by atoms with Crippen LogP contribution in [-0.4, -0.2) is 35.7 Å². The number of nitro groups is 1. The fourth-order valence-corrected chi connectivity index (χ4v) is 1.41. The molecule has 0 aliphatic carbocycles. The highest BCUT2D eigenvalue weighted by Crippen LogP contribution is 2.29. The lowest BCUT2D eigenvalue weighted by Gasteiger charge is -2.16. The van der Waals surface area contributed by atoms with E-state index in [-0.39, 0.29) is 17.9 Å². The predicted molar refractivity (Wildman–Crippen MR) is 70.0 cm³/mol. The first-order chi connectivity index (χ1) is 9.38. The molecular weight excluding hydrogens is 268 g/mol. The average molecular weight is 280 g/mol. The van der Waals surface area contributed by atoms with Gasteiger partial charge in [0.15, 0.2) is 0 Å². The van der Waals surface area contributed by atoms with E-state index in [1.54, 1.807) is 0 Å². The van der Waals surface area contributed by atoms with Crippen LogP contribution < -0.4 is 4.90 Å². The first-order valence-electron chi connectivity index (χ1n) is 5.41. The normalized spacial score (nSPS) is 9.65. The second-order valence-corrected chi connectivity index (χ2v) is 3.69. The molecule has 0 radical (unpaired) electrons. The molecule has 0 spiro atoms. The molecule has 0 bridgehead atoms. The summed E-state index contributed by atoms with van der Waals surface area (Å²) < 4.78 is 4.75. The zero-order valence-corrected chi connectivity index (χ0v) is 10.6. The Morgan fingerprint density at radius 3 is 2.70 bits per heavy atom. The van der Waals surface area contributed by atoms with Crippen LogP contribution in [0.3, 0.4) is 0 Å². The molecule has 0 atom stereocenters. The third kappa shape index (κ3) is 3.31. The minimum absolute atomic E-state index is 0.0375. The second-order valence-electron chi connectivity index (χ2n) is 3.69. The molecule has 1 rings (SSSR count). The van der Waals surface area contributed by atoms with Crippen LogP contribution in [0.2, 0.25) is 0 Å². The van der Waals surface area contributed by atoms with Gasteiger partial charge < -0.3 is 9.84 Å². The molecule has 106 valence electrons. The molecule has 0 unspecified atom stereocenters. The standard InChI is InChI=1S/C12H12N2O6/c1-3-6-20-12(17)13(2)9-5-4-8(11(15)16)7-10(9)14(18)19/h3-5,7H,1,6H2,2H3,(H,15,16). The van der Waals surface area contributed by atoms with Crippen LogP contribution in [0.15, 0.2) is 30.9 Å². The van der Waals surface area contributed by atoms with E-state index in [1.165, 1.54) is 25.3 Å². The van der Waals surface area contributed by atoms with Crippen LogP contribution in [0.5, 0.6) is 0 Å². The summed E-state index contributed by atoms with van der Waals surface area (Å²) in [5, 5.41) is 19.8. The molecule has 8 nitrogen and oxygen atoms in total. The molecule has 1 aromatic carbocycles. The predicted octanol–water partition coefficient (Wildman–Crippen LogP) is 2.05. The fraction of sp³-hybridized carbons (Fsp3) is 0.167. The number of amides is 1. The van der Waals surface area contributed by atoms with E-state index in [0.717, 1.165) is 11.0 Å². The number of rotatable bonds is 5. The summed E-state index contributed by atoms with van der Waals surface area (Å²) in [5.41, 5.74) is -0.801. The summed E-state index contributed by atoms with van der Waals surface area (Å²) in [4.78, 5) is 33.5. The Morgan fingerprint density at radius 1 is 1.55 bits per heavy atom. The number of aromatic carboxylic acids is 1. The fourth-order valence-electron chi connectivity index (χ4n) is 1.41. The van der Waals surface area contributed by atoms with Crippen molar-refractivity contribution in [2.75, 3.05) is 18.6 Å². The Labute approximate surface area is 114 Å². The lowest BCUT2D eigenvalue weighted by atomic mass is 10.1. The molecule has 1 amide bonds. The largest absolute Gasteiger partial charge is 0.478 e. The monoisotopic (exact) mass is 280 g/mol. The number of hydrogen-bond donors (Lipinski definition) is 1. The van der Waals surface area contributed by atoms with E-state index in [1.807, 2.05) is 0 Å². The van der Waals surface area contributed by atoms with Gasteiger partial charge in [-0.05, 0) is 12.1 Å². The van der Waals surface area contributed by atoms with Crippen LogP contribution in [-0.2, 0) is 4.74 Å². The Balaban J connectivity index is 3.16. The summed E-state index contributed by atoms with van der Waals surface area (Å²) in [6.45, 7) is 3.33. The molecule has 0 aliphatic heterocycles. The van der Waals surface area contributed by atoms with Crippen molar-refractivity contribution in [1.82, 2.24) is 0 Å². The quantitative estimate of drug-likeness (QED) is 0.502. The topological polar surface area (TPSA) is 110 Å². The van der Waals surface area contributed by atoms with Crippen molar-refractivity contribution in [3.63, 3.8) is 0 Å². The molecule has 0 aromatic heterocycles. The zero-order chi connectivity index (χ0) is 15.3. The third-order valence-electron chi connectivity index (χ3n) is 2.38. The maximum Gasteiger partial charge on any atom is 0.414 e. The molecule has 0 saturated carbocycles. The molecule has 0 heterocycles. The van der Waals surface area contributed by atoms with Crippen molar-refractivity contribution >= 4 is 23.4 Å². The van der Waals surface area contributed by atoms with E-state index < -0.39 is 22.7 Å². The van der Waals surface area contributed by atoms with Gasteiger partial charge >= 0.3 is 12.1 Å². The number of nitrogens with zero attached hydrogens (tertiary/aromatic N) is 2. The minimum atomic E-state index is -1.29. The molecule has 8 heteroatoms. The molecule has 20 heavy (non-hydrogen) atoms. The van der Waals surface area contributed by atoms with Gasteiger partial charge in [-0.15, -0.1) is 0 Å². The van der Waals surface area contributed by atoms with E-state index in [9.17, 15) is 19.7 Å². The van der Waals surface area contributed by atoms with Gasteiger partial charge in [-0.1, -0.05) is 12.7 Å². The van der Waals surface area contributed by atoms with Crippen LogP contribution in [0.25, 0.3) is 0 Å². The van der Waals surface area contributed by atoms with E-state index in [0.29, 0.717) is 0 Å². The Kier molecular flexibility index (Phi) is 4.79. The molecule has 1 aromatic rings. The number of carbonyl (C=O) groups excluding carboxylic acids is 1. The van der Waals surface area contributed by atoms with Crippen molar-refractivity contribution in [1.29, 1.82) is 0 Å². The van der Waals surface area contributed by atoms with E-state index >= 15 is 0 Å². The van der Waals surface area contributed by atoms with Crippen molar-refractivity contribution in [3.05, 3.63) is 46.5 Å². The number of carboxylic acids is 1. The highest BCUT2D eigenvalue weighted by molar-refractivity contribution is 5.94. The number of ether oxygens (including phenoxy) is 1. The number of carbonyl (C=O) groups is 2. The highest BCUT2D eigenvalue weighted by Gasteiger charge is 2.23. The van der Waals surface area contributed by atoms with Gasteiger partial charge in [0.2, 0.25) is 0 Å². The van der Waals surface area contributed by atoms with Crippen LogP contribution in [0, 0.1) is 10.1 Å². The van der Waals surface area contributed by atoms with Gasteiger partial charge in [-0.25, -0.2) is 9.59 Å². The smallest absolute Gasteiger partial charge is 0.414 e. The number of hydrogen-bond acceptors (Lipinski definition) is 5. The van der Waals surface area contributed by atoms with Crippen molar-refractivity contribution in [2.24, 2.45) is 0 Å². The van der Waals surface area contributed by atoms with Gasteiger partial charge in [0.1, 0.15) is 12.3 Å². The van der Waals surface area contributed by atoms with Gasteiger partial charge in [-0.3, -0.25) is 15.0 Å². The molecule has 0 saturated heterocycles. The lowest BCUT2D eigenvalue weighted by molar-refractivity contribution is -0.384. The van der Waals surface area contributed by atoms with Crippen LogP contribution in [0.1, 0.15) is 10.4 Å². The molecule has 0 fully saturated rings. The molecular formula is C12H12N2O6. The zero-order valence-electron chi connectivity index (χ0n) is 10.6. The number of carboxylic acid groups (broad SMARTS) is 1. The first-order valence-corrected chi connectivity index (χ1v) is 5.41. The van der Waals surface area contributed by atoms with Gasteiger partial charge in [0.25, 0.3) is 5.69 Å². The second kappa shape index (κ2) is 6.32. The molecule has 0 aliphatic rings. The van der Waals surface area contributed by atoms with Crippen LogP contribution in [0.4, 0.5) is 16.2 Å². The van der Waals surface area contributed by atoms with Gasteiger partial charge in [0, 0.05) is 13.1 Å². The van der Waals surface area contributed by atoms with Crippen molar-refractivity contribution < 1.29 is 24.4 Å². The summed E-state index contributed by atoms with van der Waals surface area (Å²) in [7, 11) is 1.29. The highest BCUT2D eigenvalue weighted by atomic mass is 16.6.